The lowest BCUT2D eigenvalue weighted by molar-refractivity contribution is -0.736. The standard InChI is InChI=1S/C15H23NO3/c1-5-9-19-14-12(7-6-8-13(14)18-4)10-16-15(2,3)11-17/h5-8,16-17H,1,9-11H2,2-4H3/p+1. The van der Waals surface area contributed by atoms with Crippen LogP contribution < -0.4 is 14.8 Å². The van der Waals surface area contributed by atoms with Crippen molar-refractivity contribution in [2.45, 2.75) is 25.9 Å². The Morgan fingerprint density at radius 3 is 2.74 bits per heavy atom. The minimum Gasteiger partial charge on any atom is -0.493 e. The highest BCUT2D eigenvalue weighted by molar-refractivity contribution is 5.46. The monoisotopic (exact) mass is 266 g/mol. The Morgan fingerprint density at radius 2 is 2.16 bits per heavy atom. The maximum atomic E-state index is 9.28. The van der Waals surface area contributed by atoms with Gasteiger partial charge in [0.25, 0.3) is 0 Å². The Labute approximate surface area is 115 Å². The van der Waals surface area contributed by atoms with Gasteiger partial charge >= 0.3 is 0 Å². The topological polar surface area (TPSA) is 55.3 Å². The Kier molecular flexibility index (Phi) is 5.86. The SMILES string of the molecule is C=CCOc1c(C[NH2+]C(C)(C)CO)cccc1OC. The number of hydrogen-bond donors (Lipinski definition) is 2. The first-order chi connectivity index (χ1) is 9.04. The van der Waals surface area contributed by atoms with Crippen LogP contribution in [0.3, 0.4) is 0 Å². The maximum Gasteiger partial charge on any atom is 0.170 e. The predicted octanol–water partition coefficient (Wildman–Crippen LogP) is 1.09. The quantitative estimate of drug-likeness (QED) is 0.693. The van der Waals surface area contributed by atoms with Crippen LogP contribution in [0.25, 0.3) is 0 Å². The molecule has 0 aliphatic carbocycles. The molecule has 0 amide bonds. The van der Waals surface area contributed by atoms with E-state index in [0.717, 1.165) is 23.6 Å². The number of hydrogen-bond acceptors (Lipinski definition) is 3. The fraction of sp³-hybridized carbons (Fsp3) is 0.467. The van der Waals surface area contributed by atoms with Gasteiger partial charge in [0.05, 0.1) is 19.3 Å². The lowest BCUT2D eigenvalue weighted by Gasteiger charge is -2.21. The Bertz CT molecular complexity index is 416. The lowest BCUT2D eigenvalue weighted by Crippen LogP contribution is -2.95. The van der Waals surface area contributed by atoms with Gasteiger partial charge in [0.2, 0.25) is 0 Å². The van der Waals surface area contributed by atoms with E-state index in [4.69, 9.17) is 9.47 Å². The van der Waals surface area contributed by atoms with Crippen molar-refractivity contribution in [2.24, 2.45) is 0 Å². The first kappa shape index (κ1) is 15.5. The summed E-state index contributed by atoms with van der Waals surface area (Å²) in [5.41, 5.74) is 0.835. The minimum atomic E-state index is -0.210. The molecule has 0 bridgehead atoms. The second-order valence-electron chi connectivity index (χ2n) is 5.10. The van der Waals surface area contributed by atoms with Gasteiger partial charge in [-0.25, -0.2) is 0 Å². The zero-order valence-corrected chi connectivity index (χ0v) is 12.0. The Hall–Kier alpha value is -1.52. The molecule has 1 rings (SSSR count). The van der Waals surface area contributed by atoms with Crippen molar-refractivity contribution in [3.63, 3.8) is 0 Å². The van der Waals surface area contributed by atoms with Gasteiger partial charge in [-0.1, -0.05) is 18.7 Å². The number of quaternary nitrogens is 1. The van der Waals surface area contributed by atoms with Gasteiger partial charge < -0.3 is 19.9 Å². The molecule has 0 heterocycles. The van der Waals surface area contributed by atoms with E-state index in [1.165, 1.54) is 0 Å². The normalized spacial score (nSPS) is 11.2. The second kappa shape index (κ2) is 7.16. The van der Waals surface area contributed by atoms with Crippen LogP contribution in [0.2, 0.25) is 0 Å². The summed E-state index contributed by atoms with van der Waals surface area (Å²) in [7, 11) is 1.63. The van der Waals surface area contributed by atoms with Crippen molar-refractivity contribution in [1.29, 1.82) is 0 Å². The lowest BCUT2D eigenvalue weighted by atomic mass is 10.1. The first-order valence-corrected chi connectivity index (χ1v) is 6.39. The molecular weight excluding hydrogens is 242 g/mol. The van der Waals surface area contributed by atoms with Gasteiger partial charge in [0.1, 0.15) is 18.7 Å². The zero-order chi connectivity index (χ0) is 14.3. The molecule has 0 saturated carbocycles. The van der Waals surface area contributed by atoms with Crippen molar-refractivity contribution < 1.29 is 19.9 Å². The molecule has 19 heavy (non-hydrogen) atoms. The summed E-state index contributed by atoms with van der Waals surface area (Å²) in [4.78, 5) is 0. The van der Waals surface area contributed by atoms with Gasteiger partial charge in [0, 0.05) is 0 Å². The van der Waals surface area contributed by atoms with E-state index in [9.17, 15) is 5.11 Å². The molecule has 0 saturated heterocycles. The van der Waals surface area contributed by atoms with Crippen molar-refractivity contribution in [3.05, 3.63) is 36.4 Å². The third kappa shape index (κ3) is 4.58. The van der Waals surface area contributed by atoms with Gasteiger partial charge in [-0.2, -0.15) is 0 Å². The largest absolute Gasteiger partial charge is 0.493 e. The highest BCUT2D eigenvalue weighted by Gasteiger charge is 2.21. The van der Waals surface area contributed by atoms with E-state index in [-0.39, 0.29) is 12.1 Å². The van der Waals surface area contributed by atoms with E-state index in [1.807, 2.05) is 32.0 Å². The third-order valence-electron chi connectivity index (χ3n) is 2.91. The molecule has 0 aromatic heterocycles. The van der Waals surface area contributed by atoms with E-state index >= 15 is 0 Å². The van der Waals surface area contributed by atoms with Crippen LogP contribution in [0.4, 0.5) is 0 Å². The Balaban J connectivity index is 2.89. The Morgan fingerprint density at radius 1 is 1.42 bits per heavy atom. The van der Waals surface area contributed by atoms with E-state index < -0.39 is 0 Å². The number of methoxy groups -OCH3 is 1. The first-order valence-electron chi connectivity index (χ1n) is 6.39. The molecule has 1 aromatic rings. The molecule has 0 aliphatic heterocycles. The summed E-state index contributed by atoms with van der Waals surface area (Å²) in [6.45, 7) is 8.93. The average molecular weight is 266 g/mol. The summed E-state index contributed by atoms with van der Waals surface area (Å²) in [6.07, 6.45) is 1.71. The summed E-state index contributed by atoms with van der Waals surface area (Å²) in [6, 6.07) is 5.82. The summed E-state index contributed by atoms with van der Waals surface area (Å²) in [5.74, 6) is 1.46. The van der Waals surface area contributed by atoms with Crippen LogP contribution in [-0.2, 0) is 6.54 Å². The number of aliphatic hydroxyl groups is 1. The van der Waals surface area contributed by atoms with Gasteiger partial charge in [-0.15, -0.1) is 0 Å². The zero-order valence-electron chi connectivity index (χ0n) is 12.0. The number of nitrogens with two attached hydrogens (primary N) is 1. The molecule has 0 unspecified atom stereocenters. The summed E-state index contributed by atoms with van der Waals surface area (Å²) < 4.78 is 11.0. The van der Waals surface area contributed by atoms with Crippen molar-refractivity contribution >= 4 is 0 Å². The van der Waals surface area contributed by atoms with E-state index in [2.05, 4.69) is 11.9 Å². The van der Waals surface area contributed by atoms with Crippen molar-refractivity contribution in [3.8, 4) is 11.5 Å². The maximum absolute atomic E-state index is 9.28. The van der Waals surface area contributed by atoms with Crippen molar-refractivity contribution in [2.75, 3.05) is 20.3 Å². The molecule has 3 N–H and O–H groups in total. The van der Waals surface area contributed by atoms with Crippen LogP contribution in [0.5, 0.6) is 11.5 Å². The predicted molar refractivity (Wildman–Crippen MR) is 75.5 cm³/mol. The second-order valence-corrected chi connectivity index (χ2v) is 5.10. The molecule has 4 nitrogen and oxygen atoms in total. The molecule has 106 valence electrons. The van der Waals surface area contributed by atoms with Gasteiger partial charge in [-0.3, -0.25) is 0 Å². The molecule has 0 radical (unpaired) electrons. The third-order valence-corrected chi connectivity index (χ3v) is 2.91. The molecule has 0 atom stereocenters. The van der Waals surface area contributed by atoms with Gasteiger partial charge in [0.15, 0.2) is 11.5 Å². The number of rotatable bonds is 8. The number of benzene rings is 1. The molecule has 4 heteroatoms. The average Bonchev–Trinajstić information content (AvgIpc) is 2.43. The molecule has 0 spiro atoms. The van der Waals surface area contributed by atoms with Crippen LogP contribution in [0.15, 0.2) is 30.9 Å². The number of aliphatic hydroxyl groups excluding tert-OH is 1. The van der Waals surface area contributed by atoms with Crippen LogP contribution in [0, 0.1) is 0 Å². The van der Waals surface area contributed by atoms with Gasteiger partial charge in [-0.05, 0) is 26.0 Å². The van der Waals surface area contributed by atoms with Crippen LogP contribution >= 0.6 is 0 Å². The summed E-state index contributed by atoms with van der Waals surface area (Å²) in [5, 5.41) is 11.4. The number of ether oxygens (including phenoxy) is 2. The van der Waals surface area contributed by atoms with E-state index in [1.54, 1.807) is 13.2 Å². The number of para-hydroxylation sites is 1. The molecule has 0 aliphatic rings. The summed E-state index contributed by atoms with van der Waals surface area (Å²) >= 11 is 0. The smallest absolute Gasteiger partial charge is 0.170 e. The molecule has 1 aromatic carbocycles. The fourth-order valence-electron chi connectivity index (χ4n) is 1.64. The van der Waals surface area contributed by atoms with E-state index in [0.29, 0.717) is 6.61 Å². The molecule has 0 fully saturated rings. The molecular formula is C15H24NO3+. The van der Waals surface area contributed by atoms with Crippen LogP contribution in [0.1, 0.15) is 19.4 Å². The minimum absolute atomic E-state index is 0.125. The highest BCUT2D eigenvalue weighted by Crippen LogP contribution is 2.30. The van der Waals surface area contributed by atoms with Crippen molar-refractivity contribution in [1.82, 2.24) is 0 Å². The fourth-order valence-corrected chi connectivity index (χ4v) is 1.64. The highest BCUT2D eigenvalue weighted by atomic mass is 16.5. The van der Waals surface area contributed by atoms with Crippen LogP contribution in [-0.4, -0.2) is 31.0 Å².